The fourth-order valence-electron chi connectivity index (χ4n) is 9.73. The van der Waals surface area contributed by atoms with Gasteiger partial charge in [-0.3, -0.25) is 29.0 Å². The first kappa shape index (κ1) is 34.2. The monoisotopic (exact) mass is 698 g/mol. The Labute approximate surface area is 284 Å². The Morgan fingerprint density at radius 2 is 1.14 bits per heavy atom. The Kier molecular flexibility index (Phi) is 8.92. The fraction of sp³-hybridized carbons (Fsp3) is 0.568. The molecule has 49 heavy (non-hydrogen) atoms. The molecule has 5 aliphatic rings. The van der Waals surface area contributed by atoms with E-state index in [1.165, 1.54) is 11.9 Å². The van der Waals surface area contributed by atoms with E-state index in [0.29, 0.717) is 42.7 Å². The summed E-state index contributed by atoms with van der Waals surface area (Å²) in [4.78, 5) is 55.9. The van der Waals surface area contributed by atoms with Gasteiger partial charge in [0.15, 0.2) is 0 Å². The Hall–Kier alpha value is -3.30. The van der Waals surface area contributed by atoms with Crippen molar-refractivity contribution in [1.29, 1.82) is 0 Å². The zero-order valence-corrected chi connectivity index (χ0v) is 28.5. The van der Waals surface area contributed by atoms with Crippen molar-refractivity contribution in [3.8, 4) is 0 Å². The van der Waals surface area contributed by atoms with Crippen molar-refractivity contribution in [1.82, 2.24) is 9.80 Å². The first-order valence-corrected chi connectivity index (χ1v) is 19.2. The normalized spacial score (nSPS) is 35.4. The van der Waals surface area contributed by atoms with Gasteiger partial charge in [-0.15, -0.1) is 0 Å². The van der Waals surface area contributed by atoms with Crippen molar-refractivity contribution in [2.45, 2.75) is 88.4 Å². The molecule has 8 nitrogen and oxygen atoms in total. The third kappa shape index (κ3) is 5.78. The summed E-state index contributed by atoms with van der Waals surface area (Å²) in [5.74, 6) is -5.99. The third-order valence-corrected chi connectivity index (χ3v) is 15.9. The molecule has 0 N–H and O–H groups in total. The molecule has 2 aromatic carbocycles. The summed E-state index contributed by atoms with van der Waals surface area (Å²) in [6.45, 7) is 1.67. The summed E-state index contributed by atoms with van der Waals surface area (Å²) in [6, 6.07) is 16.3. The molecule has 2 aromatic rings. The number of benzene rings is 2. The van der Waals surface area contributed by atoms with Gasteiger partial charge in [0.05, 0.1) is 47.8 Å². The standard InChI is InChI=1S/C37H42F3N2O6P/c1-21-17-22(37(38,39)40)18-31(32(21)49(47,25-9-5-3-6-10-25)26-11-7-4-8-12-26)42-35(45)28-16-14-24(20-30(28)36(42)46)48-23-13-15-27-29(19-23)34(44)41(2)33(27)43/h3-12,21-24,27-32H,13-20H2,1-2H3. The summed E-state index contributed by atoms with van der Waals surface area (Å²) < 4.78 is 65.4. The number of amides is 4. The Bertz CT molecular complexity index is 1630. The molecule has 262 valence electrons. The first-order chi connectivity index (χ1) is 23.3. The Morgan fingerprint density at radius 1 is 0.673 bits per heavy atom. The van der Waals surface area contributed by atoms with Crippen molar-refractivity contribution in [3.05, 3.63) is 60.7 Å². The number of imide groups is 2. The molecule has 10 atom stereocenters. The minimum Gasteiger partial charge on any atom is -0.375 e. The van der Waals surface area contributed by atoms with Crippen LogP contribution in [-0.4, -0.2) is 70.6 Å². The predicted octanol–water partition coefficient (Wildman–Crippen LogP) is 5.30. The average molecular weight is 699 g/mol. The second-order valence-corrected chi connectivity index (χ2v) is 17.7. The lowest BCUT2D eigenvalue weighted by atomic mass is 9.78. The smallest absolute Gasteiger partial charge is 0.375 e. The average Bonchev–Trinajstić information content (AvgIpc) is 3.46. The zero-order valence-electron chi connectivity index (χ0n) is 27.6. The molecule has 7 rings (SSSR count). The number of alkyl halides is 3. The number of hydrogen-bond donors (Lipinski definition) is 0. The second-order valence-electron chi connectivity index (χ2n) is 14.8. The minimum atomic E-state index is -4.54. The van der Waals surface area contributed by atoms with E-state index in [0.717, 1.165) is 4.90 Å². The molecule has 0 aromatic heterocycles. The highest BCUT2D eigenvalue weighted by molar-refractivity contribution is 7.79. The zero-order chi connectivity index (χ0) is 34.8. The molecule has 2 heterocycles. The van der Waals surface area contributed by atoms with Crippen molar-refractivity contribution in [2.75, 3.05) is 7.05 Å². The van der Waals surface area contributed by atoms with E-state index in [9.17, 15) is 32.3 Å². The summed E-state index contributed by atoms with van der Waals surface area (Å²) in [5, 5.41) is 0.976. The van der Waals surface area contributed by atoms with Crippen LogP contribution in [0.25, 0.3) is 0 Å². The predicted molar refractivity (Wildman–Crippen MR) is 175 cm³/mol. The van der Waals surface area contributed by atoms with Crippen LogP contribution in [0, 0.1) is 35.5 Å². The fourth-order valence-corrected chi connectivity index (χ4v) is 13.5. The van der Waals surface area contributed by atoms with Crippen LogP contribution in [-0.2, 0) is 28.5 Å². The molecular formula is C37H42F3N2O6P. The summed E-state index contributed by atoms with van der Waals surface area (Å²) in [5.41, 5.74) is -0.907. The number of rotatable bonds is 6. The topological polar surface area (TPSA) is 101 Å². The molecule has 10 unspecified atom stereocenters. The molecule has 0 radical (unpaired) electrons. The van der Waals surface area contributed by atoms with Crippen LogP contribution in [0.3, 0.4) is 0 Å². The van der Waals surface area contributed by atoms with Gasteiger partial charge < -0.3 is 9.30 Å². The van der Waals surface area contributed by atoms with Gasteiger partial charge in [-0.05, 0) is 57.3 Å². The van der Waals surface area contributed by atoms with Crippen molar-refractivity contribution >= 4 is 41.4 Å². The SMILES string of the molecule is CC1CC(C(F)(F)F)CC(N2C(=O)C3CCC(OC4CCC5C(=O)N(C)C(=O)C5C4)CC3C2=O)C1P(=O)(c1ccccc1)c1ccccc1. The van der Waals surface area contributed by atoms with Crippen LogP contribution in [0.2, 0.25) is 0 Å². The number of fused-ring (bicyclic) bond motifs is 2. The van der Waals surface area contributed by atoms with Gasteiger partial charge in [-0.1, -0.05) is 67.6 Å². The maximum absolute atomic E-state index is 15.7. The molecule has 0 bridgehead atoms. The number of nitrogens with zero attached hydrogens (tertiary/aromatic N) is 2. The second kappa shape index (κ2) is 12.8. The van der Waals surface area contributed by atoms with Gasteiger partial charge in [0, 0.05) is 23.3 Å². The maximum Gasteiger partial charge on any atom is 0.391 e. The molecule has 2 aliphatic heterocycles. The van der Waals surface area contributed by atoms with Gasteiger partial charge >= 0.3 is 6.18 Å². The van der Waals surface area contributed by atoms with Crippen molar-refractivity contribution < 1.29 is 41.7 Å². The van der Waals surface area contributed by atoms with E-state index < -0.39 is 72.8 Å². The molecule has 4 amide bonds. The third-order valence-electron chi connectivity index (χ3n) is 12.0. The molecule has 5 fully saturated rings. The van der Waals surface area contributed by atoms with Crippen LogP contribution in [0.5, 0.6) is 0 Å². The highest BCUT2D eigenvalue weighted by Crippen LogP contribution is 2.60. The maximum atomic E-state index is 15.7. The molecular weight excluding hydrogens is 656 g/mol. The van der Waals surface area contributed by atoms with E-state index in [1.807, 2.05) is 0 Å². The van der Waals surface area contributed by atoms with Crippen LogP contribution < -0.4 is 10.6 Å². The van der Waals surface area contributed by atoms with Gasteiger partial charge in [0.1, 0.15) is 7.14 Å². The summed E-state index contributed by atoms with van der Waals surface area (Å²) >= 11 is 0. The number of halogens is 3. The molecule has 3 saturated carbocycles. The quantitative estimate of drug-likeness (QED) is 0.300. The van der Waals surface area contributed by atoms with E-state index in [4.69, 9.17) is 4.74 Å². The number of hydrogen-bond acceptors (Lipinski definition) is 6. The summed E-state index contributed by atoms with van der Waals surface area (Å²) in [7, 11) is -2.19. The number of ether oxygens (including phenoxy) is 1. The minimum absolute atomic E-state index is 0.156. The van der Waals surface area contributed by atoms with E-state index in [-0.39, 0.29) is 42.8 Å². The lowest BCUT2D eigenvalue weighted by Crippen LogP contribution is -2.56. The molecule has 0 spiro atoms. The lowest BCUT2D eigenvalue weighted by Gasteiger charge is -2.47. The van der Waals surface area contributed by atoms with Crippen LogP contribution in [0.15, 0.2) is 60.7 Å². The molecule has 2 saturated heterocycles. The number of carbonyl (C=O) groups excluding carboxylic acids is 4. The van der Waals surface area contributed by atoms with Crippen molar-refractivity contribution in [3.63, 3.8) is 0 Å². The van der Waals surface area contributed by atoms with Crippen molar-refractivity contribution in [2.24, 2.45) is 35.5 Å². The van der Waals surface area contributed by atoms with Gasteiger partial charge in [0.25, 0.3) is 0 Å². The van der Waals surface area contributed by atoms with E-state index in [2.05, 4.69) is 0 Å². The highest BCUT2D eigenvalue weighted by atomic mass is 31.2. The van der Waals surface area contributed by atoms with Crippen LogP contribution in [0.1, 0.15) is 58.3 Å². The van der Waals surface area contributed by atoms with Gasteiger partial charge in [-0.25, -0.2) is 0 Å². The number of likely N-dealkylation sites (tertiary alicyclic amines) is 2. The summed E-state index contributed by atoms with van der Waals surface area (Å²) in [6.07, 6.45) is -3.28. The van der Waals surface area contributed by atoms with E-state index in [1.54, 1.807) is 67.6 Å². The Morgan fingerprint density at radius 3 is 1.67 bits per heavy atom. The van der Waals surface area contributed by atoms with Crippen LogP contribution in [0.4, 0.5) is 13.2 Å². The lowest BCUT2D eigenvalue weighted by molar-refractivity contribution is -0.191. The molecule has 3 aliphatic carbocycles. The first-order valence-electron chi connectivity index (χ1n) is 17.4. The van der Waals surface area contributed by atoms with Gasteiger partial charge in [0.2, 0.25) is 23.6 Å². The van der Waals surface area contributed by atoms with Gasteiger partial charge in [-0.2, -0.15) is 13.2 Å². The highest BCUT2D eigenvalue weighted by Gasteiger charge is 2.60. The molecule has 12 heteroatoms. The number of carbonyl (C=O) groups is 4. The Balaban J connectivity index is 1.18. The van der Waals surface area contributed by atoms with E-state index >= 15 is 4.57 Å². The largest absolute Gasteiger partial charge is 0.391 e. The van der Waals surface area contributed by atoms with Crippen LogP contribution >= 0.6 is 7.14 Å².